The summed E-state index contributed by atoms with van der Waals surface area (Å²) in [5.74, 6) is -3.61. The van der Waals surface area contributed by atoms with Gasteiger partial charge < -0.3 is 61.9 Å². The third kappa shape index (κ3) is 17.0. The zero-order valence-electron chi connectivity index (χ0n) is 51.7. The normalized spacial score (nSPS) is 17.5. The van der Waals surface area contributed by atoms with Gasteiger partial charge in [-0.25, -0.2) is 19.2 Å². The number of nitriles is 2. The van der Waals surface area contributed by atoms with Crippen molar-refractivity contribution in [3.8, 4) is 12.1 Å². The van der Waals surface area contributed by atoms with E-state index < -0.39 is 35.7 Å². The Labute approximate surface area is 524 Å². The van der Waals surface area contributed by atoms with E-state index in [0.29, 0.717) is 45.4 Å². The number of carboxylic acid groups (broad SMARTS) is 4. The van der Waals surface area contributed by atoms with Crippen LogP contribution in [0.15, 0.2) is 200 Å². The highest BCUT2D eigenvalue weighted by Gasteiger charge is 2.38. The molecule has 11 N–H and O–H groups in total. The lowest BCUT2D eigenvalue weighted by Crippen LogP contribution is -2.26. The van der Waals surface area contributed by atoms with Gasteiger partial charge in [-0.15, -0.1) is 0 Å². The van der Waals surface area contributed by atoms with Gasteiger partial charge in [-0.3, -0.25) is 14.4 Å². The quantitative estimate of drug-likeness (QED) is 0.0581. The van der Waals surface area contributed by atoms with Crippen LogP contribution in [0.3, 0.4) is 0 Å². The molecular formula is C68H68N6O17. The topological polar surface area (TPSA) is 409 Å². The Morgan fingerprint density at radius 2 is 0.846 bits per heavy atom. The van der Waals surface area contributed by atoms with E-state index in [4.69, 9.17) is 61.1 Å². The standard InChI is InChI=1S/C19H18N2O4.C16H14N2O4.C16H17NO4.C16H19NO3.CO2/c1-10(2)21-18-15(9-20)17(16(11(3)22)12(4)25-18)13-5-7-14(8-6-13)19(23)24;1-8(19)13-9(2)22-15(18)12(7-17)14(13)10-5-3-4-6-11(10)16(20)21;1-8-13(11-4-6-12(7-5-11)16(19)20)14(9(2)18)10(3)21-15(8)17;1-4-13-10(3)20-15(17)9(2)14(13)11-5-7-12(8-6-11)16(18)19;2-1-3/h5-8,17,21H,1H2,2-4H3,(H,23,24);3-6,14H,18H2,1-2H3,(H,20,21);4-7,13H,17H2,1-3H3,(H,19,20);5-8,14H,4,17H2,1-3H3,(H,18,19);. The highest BCUT2D eigenvalue weighted by atomic mass is 16.5. The minimum absolute atomic E-state index is 0.0153. The number of nitrogens with one attached hydrogen (secondary N) is 1. The number of carbonyl (C=O) groups is 7. The summed E-state index contributed by atoms with van der Waals surface area (Å²) in [4.78, 5) is 96.6. The number of aromatic carboxylic acids is 4. The fourth-order valence-electron chi connectivity index (χ4n) is 10.5. The van der Waals surface area contributed by atoms with Crippen molar-refractivity contribution in [3.05, 3.63) is 245 Å². The smallest absolute Gasteiger partial charge is 0.373 e. The molecule has 4 aliphatic rings. The van der Waals surface area contributed by atoms with E-state index in [1.165, 1.54) is 56.7 Å². The molecule has 0 bridgehead atoms. The van der Waals surface area contributed by atoms with E-state index >= 15 is 0 Å². The Morgan fingerprint density at radius 3 is 1.23 bits per heavy atom. The number of benzene rings is 4. The van der Waals surface area contributed by atoms with Crippen LogP contribution in [0.5, 0.6) is 0 Å². The summed E-state index contributed by atoms with van der Waals surface area (Å²) in [7, 11) is 0. The monoisotopic (exact) mass is 1240 g/mol. The number of Topliss-reactive ketones (excluding diaryl/α,β-unsaturated/α-hetero) is 3. The first-order chi connectivity index (χ1) is 42.8. The molecule has 23 heteroatoms. The Balaban J connectivity index is 0.000000256. The summed E-state index contributed by atoms with van der Waals surface area (Å²) in [5, 5.41) is 58.2. The van der Waals surface area contributed by atoms with Crippen molar-refractivity contribution in [2.24, 2.45) is 17.2 Å². The summed E-state index contributed by atoms with van der Waals surface area (Å²) in [6.07, 6.45) is 1.11. The van der Waals surface area contributed by atoms with Gasteiger partial charge in [0.1, 0.15) is 46.3 Å². The third-order valence-electron chi connectivity index (χ3n) is 14.6. The van der Waals surface area contributed by atoms with Crippen molar-refractivity contribution < 1.29 is 82.5 Å². The number of carboxylic acids is 4. The molecule has 0 saturated heterocycles. The zero-order valence-corrected chi connectivity index (χ0v) is 51.7. The van der Waals surface area contributed by atoms with Gasteiger partial charge in [0.05, 0.1) is 34.1 Å². The minimum Gasteiger partial charge on any atom is -0.478 e. The second-order valence-corrected chi connectivity index (χ2v) is 20.7. The lowest BCUT2D eigenvalue weighted by Gasteiger charge is -2.29. The van der Waals surface area contributed by atoms with Gasteiger partial charge in [0.2, 0.25) is 11.8 Å². The van der Waals surface area contributed by atoms with Crippen LogP contribution in [0, 0.1) is 22.7 Å². The summed E-state index contributed by atoms with van der Waals surface area (Å²) in [5.41, 5.74) is 25.9. The summed E-state index contributed by atoms with van der Waals surface area (Å²) in [6.45, 7) is 22.4. The van der Waals surface area contributed by atoms with Crippen molar-refractivity contribution in [1.82, 2.24) is 5.32 Å². The Hall–Kier alpha value is -11.8. The highest BCUT2D eigenvalue weighted by molar-refractivity contribution is 5.99. The Morgan fingerprint density at radius 1 is 0.495 bits per heavy atom. The molecule has 0 aliphatic carbocycles. The number of hydrogen-bond acceptors (Lipinski definition) is 19. The maximum Gasteiger partial charge on any atom is 0.373 e. The van der Waals surface area contributed by atoms with E-state index in [0.717, 1.165) is 34.5 Å². The fraction of sp³-hybridized carbons (Fsp3) is 0.235. The van der Waals surface area contributed by atoms with Crippen LogP contribution in [0.1, 0.15) is 170 Å². The molecule has 0 saturated carbocycles. The molecule has 0 aromatic heterocycles. The molecule has 4 atom stereocenters. The number of ether oxygens (including phenoxy) is 4. The molecule has 0 amide bonds. The van der Waals surface area contributed by atoms with Crippen LogP contribution in [-0.4, -0.2) is 67.8 Å². The molecule has 4 aromatic carbocycles. The van der Waals surface area contributed by atoms with Crippen LogP contribution < -0.4 is 22.5 Å². The number of rotatable bonds is 14. The average Bonchev–Trinajstić information content (AvgIpc) is 0.852. The second kappa shape index (κ2) is 31.7. The van der Waals surface area contributed by atoms with Crippen molar-refractivity contribution in [2.45, 2.75) is 106 Å². The van der Waals surface area contributed by atoms with Crippen molar-refractivity contribution in [2.75, 3.05) is 0 Å². The molecule has 4 aromatic rings. The lowest BCUT2D eigenvalue weighted by molar-refractivity contribution is -0.191. The summed E-state index contributed by atoms with van der Waals surface area (Å²) < 4.78 is 21.9. The first-order valence-corrected chi connectivity index (χ1v) is 27.6. The van der Waals surface area contributed by atoms with Crippen LogP contribution in [0.2, 0.25) is 0 Å². The van der Waals surface area contributed by atoms with E-state index in [-0.39, 0.29) is 97.7 Å². The van der Waals surface area contributed by atoms with Gasteiger partial charge in [0.25, 0.3) is 0 Å². The molecule has 0 fully saturated rings. The van der Waals surface area contributed by atoms with E-state index in [1.807, 2.05) is 32.0 Å². The lowest BCUT2D eigenvalue weighted by atomic mass is 9.79. The van der Waals surface area contributed by atoms with Crippen molar-refractivity contribution in [3.63, 3.8) is 0 Å². The maximum absolute atomic E-state index is 12.2. The van der Waals surface area contributed by atoms with Gasteiger partial charge in [0, 0.05) is 34.3 Å². The maximum atomic E-state index is 12.2. The molecule has 0 radical (unpaired) electrons. The molecule has 8 rings (SSSR count). The third-order valence-corrected chi connectivity index (χ3v) is 14.6. The number of nitrogens with two attached hydrogens (primary N) is 3. The number of ketones is 3. The van der Waals surface area contributed by atoms with Crippen molar-refractivity contribution >= 4 is 47.4 Å². The Bertz CT molecular complexity index is 4000. The van der Waals surface area contributed by atoms with E-state index in [9.17, 15) is 49.2 Å². The van der Waals surface area contributed by atoms with Gasteiger partial charge in [-0.05, 0) is 157 Å². The predicted octanol–water partition coefficient (Wildman–Crippen LogP) is 10.6. The van der Waals surface area contributed by atoms with Crippen molar-refractivity contribution in [1.29, 1.82) is 10.5 Å². The minimum atomic E-state index is -1.14. The number of nitrogens with zero attached hydrogens (tertiary/aromatic N) is 2. The molecule has 0 spiro atoms. The largest absolute Gasteiger partial charge is 0.478 e. The fourth-order valence-corrected chi connectivity index (χ4v) is 10.5. The molecule has 4 unspecified atom stereocenters. The second-order valence-electron chi connectivity index (χ2n) is 20.7. The number of hydrogen-bond donors (Lipinski definition) is 8. The van der Waals surface area contributed by atoms with Gasteiger partial charge in [-0.2, -0.15) is 20.1 Å². The van der Waals surface area contributed by atoms with Gasteiger partial charge in [-0.1, -0.05) is 68.1 Å². The SMILES string of the molecule is C=C(C)NC1=C(C#N)C(c2ccc(C(=O)O)cc2)C(C(C)=O)=C(C)O1.CC(=O)C1=C(C)OC(N)=C(C#N)C1c1ccccc1C(=O)O.CC(=O)C1=C(C)OC(N)=C(C)C1c1ccc(C(=O)O)cc1.CCC1=C(C)OC(N)=C(C)C1c1ccc(C(=O)O)cc1.O=C=O. The molecule has 23 nitrogen and oxygen atoms in total. The van der Waals surface area contributed by atoms with E-state index in [1.54, 1.807) is 89.2 Å². The highest BCUT2D eigenvalue weighted by Crippen LogP contribution is 2.44. The average molecular weight is 1240 g/mol. The van der Waals surface area contributed by atoms with Gasteiger partial charge >= 0.3 is 30.0 Å². The Kier molecular flexibility index (Phi) is 25.0. The van der Waals surface area contributed by atoms with Gasteiger partial charge in [0.15, 0.2) is 29.1 Å². The number of carbonyl (C=O) groups excluding carboxylic acids is 5. The molecule has 91 heavy (non-hydrogen) atoms. The summed E-state index contributed by atoms with van der Waals surface area (Å²) >= 11 is 0. The molecule has 472 valence electrons. The molecular weight excluding hydrogens is 1170 g/mol. The first kappa shape index (κ1) is 71.7. The van der Waals surface area contributed by atoms with Crippen LogP contribution in [0.4, 0.5) is 0 Å². The van der Waals surface area contributed by atoms with Crippen LogP contribution in [0.25, 0.3) is 0 Å². The molecule has 4 aliphatic heterocycles. The van der Waals surface area contributed by atoms with E-state index in [2.05, 4.69) is 24.9 Å². The van der Waals surface area contributed by atoms with Crippen LogP contribution >= 0.6 is 0 Å². The predicted molar refractivity (Wildman–Crippen MR) is 328 cm³/mol. The zero-order chi connectivity index (χ0) is 68.5. The first-order valence-electron chi connectivity index (χ1n) is 27.6. The molecule has 4 heterocycles. The summed E-state index contributed by atoms with van der Waals surface area (Å²) in [6, 6.07) is 29.7. The van der Waals surface area contributed by atoms with Crippen LogP contribution in [-0.2, 0) is 42.9 Å². The number of allylic oxidation sites excluding steroid dienone is 13.